The molecule has 0 aliphatic carbocycles. The van der Waals surface area contributed by atoms with Gasteiger partial charge in [-0.25, -0.2) is 0 Å². The summed E-state index contributed by atoms with van der Waals surface area (Å²) in [6, 6.07) is 9.02. The first-order valence-corrected chi connectivity index (χ1v) is 5.98. The number of aliphatic hydroxyl groups is 1. The third kappa shape index (κ3) is 2.85. The molecule has 1 heterocycles. The Balaban J connectivity index is 2.43. The summed E-state index contributed by atoms with van der Waals surface area (Å²) >= 11 is 0. The summed E-state index contributed by atoms with van der Waals surface area (Å²) in [7, 11) is 3.17. The van der Waals surface area contributed by atoms with E-state index in [1.54, 1.807) is 38.6 Å². The van der Waals surface area contributed by atoms with Crippen molar-refractivity contribution < 1.29 is 14.6 Å². The van der Waals surface area contributed by atoms with Crippen LogP contribution in [-0.4, -0.2) is 24.3 Å². The number of rotatable bonds is 4. The number of methoxy groups -OCH3 is 2. The Labute approximate surface area is 112 Å². The largest absolute Gasteiger partial charge is 0.497 e. The first-order valence-electron chi connectivity index (χ1n) is 5.98. The van der Waals surface area contributed by atoms with Crippen molar-refractivity contribution in [2.45, 2.75) is 13.0 Å². The molecule has 1 aromatic heterocycles. The third-order valence-corrected chi connectivity index (χ3v) is 3.03. The molecule has 0 radical (unpaired) electrons. The smallest absolute Gasteiger partial charge is 0.122 e. The fourth-order valence-electron chi connectivity index (χ4n) is 1.95. The summed E-state index contributed by atoms with van der Waals surface area (Å²) in [6.07, 6.45) is 0.954. The van der Waals surface area contributed by atoms with Gasteiger partial charge in [0, 0.05) is 23.5 Å². The number of aromatic nitrogens is 1. The Hall–Kier alpha value is -2.07. The Morgan fingerprint density at radius 3 is 2.26 bits per heavy atom. The predicted octanol–water partition coefficient (Wildman–Crippen LogP) is 2.49. The predicted molar refractivity (Wildman–Crippen MR) is 72.6 cm³/mol. The molecule has 4 nitrogen and oxygen atoms in total. The van der Waals surface area contributed by atoms with Crippen LogP contribution in [0, 0.1) is 6.92 Å². The van der Waals surface area contributed by atoms with Crippen molar-refractivity contribution in [3.05, 3.63) is 53.3 Å². The fraction of sp³-hybridized carbons (Fsp3) is 0.267. The Bertz CT molecular complexity index is 547. The van der Waals surface area contributed by atoms with Crippen LogP contribution in [0.3, 0.4) is 0 Å². The quantitative estimate of drug-likeness (QED) is 0.916. The van der Waals surface area contributed by atoms with Crippen LogP contribution in [-0.2, 0) is 0 Å². The highest BCUT2D eigenvalue weighted by molar-refractivity contribution is 5.42. The van der Waals surface area contributed by atoms with Gasteiger partial charge in [0.2, 0.25) is 0 Å². The van der Waals surface area contributed by atoms with E-state index in [2.05, 4.69) is 4.98 Å². The van der Waals surface area contributed by atoms with Gasteiger partial charge in [-0.3, -0.25) is 4.98 Å². The lowest BCUT2D eigenvalue weighted by atomic mass is 10.00. The molecule has 1 N–H and O–H groups in total. The molecule has 0 fully saturated rings. The molecule has 0 spiro atoms. The van der Waals surface area contributed by atoms with Crippen LogP contribution in [0.25, 0.3) is 0 Å². The van der Waals surface area contributed by atoms with Crippen LogP contribution >= 0.6 is 0 Å². The maximum absolute atomic E-state index is 10.5. The maximum atomic E-state index is 10.5. The zero-order chi connectivity index (χ0) is 13.8. The van der Waals surface area contributed by atoms with Crippen LogP contribution < -0.4 is 9.47 Å². The Morgan fingerprint density at radius 2 is 1.74 bits per heavy atom. The monoisotopic (exact) mass is 259 g/mol. The normalized spacial score (nSPS) is 12.0. The lowest BCUT2D eigenvalue weighted by Gasteiger charge is -2.15. The number of nitrogens with zero attached hydrogens (tertiary/aromatic N) is 1. The summed E-state index contributed by atoms with van der Waals surface area (Å²) in [5.41, 5.74) is 2.29. The van der Waals surface area contributed by atoms with Gasteiger partial charge in [-0.2, -0.15) is 0 Å². The van der Waals surface area contributed by atoms with E-state index in [9.17, 15) is 5.11 Å². The first kappa shape index (κ1) is 13.4. The molecule has 0 aliphatic rings. The molecule has 2 aromatic rings. The van der Waals surface area contributed by atoms with E-state index in [1.807, 2.05) is 19.1 Å². The minimum absolute atomic E-state index is 0.648. The van der Waals surface area contributed by atoms with Crippen molar-refractivity contribution in [2.75, 3.05) is 14.2 Å². The van der Waals surface area contributed by atoms with Crippen LogP contribution in [0.2, 0.25) is 0 Å². The molecular weight excluding hydrogens is 242 g/mol. The average Bonchev–Trinajstić information content (AvgIpc) is 2.46. The van der Waals surface area contributed by atoms with Gasteiger partial charge in [-0.05, 0) is 30.7 Å². The third-order valence-electron chi connectivity index (χ3n) is 3.03. The van der Waals surface area contributed by atoms with E-state index in [0.717, 1.165) is 11.3 Å². The molecule has 0 saturated carbocycles. The van der Waals surface area contributed by atoms with Gasteiger partial charge < -0.3 is 14.6 Å². The number of ether oxygens (including phenoxy) is 2. The van der Waals surface area contributed by atoms with E-state index >= 15 is 0 Å². The zero-order valence-electron chi connectivity index (χ0n) is 11.3. The van der Waals surface area contributed by atoms with Crippen molar-refractivity contribution in [3.63, 3.8) is 0 Å². The summed E-state index contributed by atoms with van der Waals surface area (Å²) in [6.45, 7) is 1.87. The second-order valence-electron chi connectivity index (χ2n) is 4.23. The number of hydrogen-bond donors (Lipinski definition) is 1. The van der Waals surface area contributed by atoms with Crippen LogP contribution in [0.15, 0.2) is 36.5 Å². The van der Waals surface area contributed by atoms with Gasteiger partial charge in [0.05, 0.1) is 14.2 Å². The highest BCUT2D eigenvalue weighted by Crippen LogP contribution is 2.30. The van der Waals surface area contributed by atoms with Gasteiger partial charge in [0.15, 0.2) is 0 Å². The van der Waals surface area contributed by atoms with Gasteiger partial charge in [0.1, 0.15) is 17.6 Å². The molecule has 1 unspecified atom stereocenters. The second kappa shape index (κ2) is 5.71. The number of pyridine rings is 1. The summed E-state index contributed by atoms with van der Waals surface area (Å²) in [4.78, 5) is 4.19. The minimum Gasteiger partial charge on any atom is -0.497 e. The lowest BCUT2D eigenvalue weighted by molar-refractivity contribution is 0.218. The van der Waals surface area contributed by atoms with Crippen molar-refractivity contribution in [1.29, 1.82) is 0 Å². The van der Waals surface area contributed by atoms with Crippen LogP contribution in [0.1, 0.15) is 22.9 Å². The average molecular weight is 259 g/mol. The van der Waals surface area contributed by atoms with E-state index in [4.69, 9.17) is 9.47 Å². The summed E-state index contributed by atoms with van der Waals surface area (Å²) in [5, 5.41) is 10.5. The number of aliphatic hydroxyl groups excluding tert-OH is 1. The van der Waals surface area contributed by atoms with Gasteiger partial charge in [-0.1, -0.05) is 6.07 Å². The Morgan fingerprint density at radius 1 is 1.11 bits per heavy atom. The molecule has 4 heteroatoms. The highest BCUT2D eigenvalue weighted by Gasteiger charge is 2.15. The maximum Gasteiger partial charge on any atom is 0.122 e. The molecule has 1 atom stereocenters. The molecule has 0 saturated heterocycles. The number of benzene rings is 1. The lowest BCUT2D eigenvalue weighted by Crippen LogP contribution is -2.04. The molecule has 1 aromatic carbocycles. The minimum atomic E-state index is -0.752. The highest BCUT2D eigenvalue weighted by atomic mass is 16.5. The van der Waals surface area contributed by atoms with E-state index in [0.29, 0.717) is 17.1 Å². The second-order valence-corrected chi connectivity index (χ2v) is 4.23. The van der Waals surface area contributed by atoms with Crippen LogP contribution in [0.4, 0.5) is 0 Å². The fourth-order valence-corrected chi connectivity index (χ4v) is 1.95. The summed E-state index contributed by atoms with van der Waals surface area (Å²) < 4.78 is 10.4. The first-order chi connectivity index (χ1) is 9.15. The molecule has 0 bridgehead atoms. The van der Waals surface area contributed by atoms with Crippen molar-refractivity contribution >= 4 is 0 Å². The van der Waals surface area contributed by atoms with Crippen molar-refractivity contribution in [3.8, 4) is 11.5 Å². The standard InChI is InChI=1S/C15H17NO3/c1-10-14(5-4-6-16-10)15(17)11-7-12(18-2)9-13(8-11)19-3/h4-9,15,17H,1-3H3. The molecule has 0 aliphatic heterocycles. The van der Waals surface area contributed by atoms with Gasteiger partial charge in [-0.15, -0.1) is 0 Å². The molecular formula is C15H17NO3. The van der Waals surface area contributed by atoms with Gasteiger partial charge in [0.25, 0.3) is 0 Å². The summed E-state index contributed by atoms with van der Waals surface area (Å²) in [5.74, 6) is 1.30. The van der Waals surface area contributed by atoms with Gasteiger partial charge >= 0.3 is 0 Å². The van der Waals surface area contributed by atoms with E-state index in [1.165, 1.54) is 0 Å². The molecule has 0 amide bonds. The van der Waals surface area contributed by atoms with E-state index in [-0.39, 0.29) is 0 Å². The van der Waals surface area contributed by atoms with Crippen molar-refractivity contribution in [1.82, 2.24) is 4.98 Å². The number of aryl methyl sites for hydroxylation is 1. The molecule has 100 valence electrons. The SMILES string of the molecule is COc1cc(OC)cc(C(O)c2cccnc2C)c1. The molecule has 19 heavy (non-hydrogen) atoms. The zero-order valence-corrected chi connectivity index (χ0v) is 11.3. The van der Waals surface area contributed by atoms with E-state index < -0.39 is 6.10 Å². The van der Waals surface area contributed by atoms with Crippen molar-refractivity contribution in [2.24, 2.45) is 0 Å². The topological polar surface area (TPSA) is 51.6 Å². The number of hydrogen-bond acceptors (Lipinski definition) is 4. The Kier molecular flexibility index (Phi) is 4.02. The molecule has 2 rings (SSSR count). The van der Waals surface area contributed by atoms with Crippen LogP contribution in [0.5, 0.6) is 11.5 Å².